The van der Waals surface area contributed by atoms with E-state index in [1.807, 2.05) is 24.1 Å². The van der Waals surface area contributed by atoms with Gasteiger partial charge in [-0.25, -0.2) is 4.39 Å². The zero-order valence-corrected chi connectivity index (χ0v) is 10.7. The van der Waals surface area contributed by atoms with Crippen molar-refractivity contribution >= 4 is 0 Å². The van der Waals surface area contributed by atoms with Gasteiger partial charge in [0.15, 0.2) is 0 Å². The van der Waals surface area contributed by atoms with Crippen LogP contribution in [0, 0.1) is 5.82 Å². The number of hydrogen-bond donors (Lipinski definition) is 1. The number of rotatable bonds is 5. The number of hydrogen-bond acceptors (Lipinski definition) is 2. The van der Waals surface area contributed by atoms with Crippen LogP contribution >= 0.6 is 0 Å². The zero-order chi connectivity index (χ0) is 13.0. The highest BCUT2D eigenvalue weighted by Crippen LogP contribution is 2.15. The second kappa shape index (κ2) is 5.78. The quantitative estimate of drug-likeness (QED) is 0.880. The SMILES string of the molecule is CCC(NC)c1cnn(Cc2ccc(F)cc2)c1. The van der Waals surface area contributed by atoms with Crippen molar-refractivity contribution < 1.29 is 4.39 Å². The van der Waals surface area contributed by atoms with E-state index in [1.165, 1.54) is 17.7 Å². The van der Waals surface area contributed by atoms with Crippen LogP contribution in [-0.2, 0) is 6.54 Å². The Labute approximate surface area is 107 Å². The first kappa shape index (κ1) is 12.8. The average Bonchev–Trinajstić information content (AvgIpc) is 2.82. The Bertz CT molecular complexity index is 486. The molecule has 2 aromatic rings. The van der Waals surface area contributed by atoms with Gasteiger partial charge in [-0.3, -0.25) is 4.68 Å². The maximum Gasteiger partial charge on any atom is 0.123 e. The number of benzene rings is 1. The molecule has 3 nitrogen and oxygen atoms in total. The van der Waals surface area contributed by atoms with Crippen LogP contribution < -0.4 is 5.32 Å². The molecule has 0 radical (unpaired) electrons. The van der Waals surface area contributed by atoms with Gasteiger partial charge >= 0.3 is 0 Å². The third-order valence-electron chi connectivity index (χ3n) is 3.07. The van der Waals surface area contributed by atoms with Gasteiger partial charge in [-0.1, -0.05) is 19.1 Å². The summed E-state index contributed by atoms with van der Waals surface area (Å²) in [5.74, 6) is -0.207. The highest BCUT2D eigenvalue weighted by molar-refractivity contribution is 5.17. The fourth-order valence-electron chi connectivity index (χ4n) is 2.03. The standard InChI is InChI=1S/C14H18FN3/c1-3-14(16-2)12-8-17-18(10-12)9-11-4-6-13(15)7-5-11/h4-8,10,14,16H,3,9H2,1-2H3. The van der Waals surface area contributed by atoms with Crippen molar-refractivity contribution in [1.29, 1.82) is 0 Å². The van der Waals surface area contributed by atoms with Crippen molar-refractivity contribution in [3.05, 3.63) is 53.6 Å². The Balaban J connectivity index is 2.08. The van der Waals surface area contributed by atoms with Gasteiger partial charge in [0.25, 0.3) is 0 Å². The normalized spacial score (nSPS) is 12.6. The molecule has 4 heteroatoms. The van der Waals surface area contributed by atoms with Crippen molar-refractivity contribution in [2.24, 2.45) is 0 Å². The first-order chi connectivity index (χ1) is 8.72. The van der Waals surface area contributed by atoms with Crippen LogP contribution in [-0.4, -0.2) is 16.8 Å². The van der Waals surface area contributed by atoms with E-state index in [2.05, 4.69) is 17.3 Å². The van der Waals surface area contributed by atoms with Crippen molar-refractivity contribution in [3.8, 4) is 0 Å². The largest absolute Gasteiger partial charge is 0.313 e. The molecule has 18 heavy (non-hydrogen) atoms. The molecule has 0 aliphatic rings. The van der Waals surface area contributed by atoms with Crippen LogP contribution in [0.3, 0.4) is 0 Å². The monoisotopic (exact) mass is 247 g/mol. The molecule has 2 rings (SSSR count). The van der Waals surface area contributed by atoms with E-state index in [0.717, 1.165) is 12.0 Å². The molecule has 0 saturated heterocycles. The van der Waals surface area contributed by atoms with Gasteiger partial charge in [0.2, 0.25) is 0 Å². The van der Waals surface area contributed by atoms with E-state index in [1.54, 1.807) is 12.1 Å². The number of nitrogens with one attached hydrogen (secondary N) is 1. The van der Waals surface area contributed by atoms with Crippen molar-refractivity contribution in [1.82, 2.24) is 15.1 Å². The molecule has 1 aromatic heterocycles. The van der Waals surface area contributed by atoms with Crippen LogP contribution in [0.15, 0.2) is 36.7 Å². The van der Waals surface area contributed by atoms with E-state index in [0.29, 0.717) is 12.6 Å². The van der Waals surface area contributed by atoms with Gasteiger partial charge in [-0.15, -0.1) is 0 Å². The molecular formula is C14H18FN3. The second-order valence-electron chi connectivity index (χ2n) is 4.35. The summed E-state index contributed by atoms with van der Waals surface area (Å²) < 4.78 is 14.7. The molecule has 0 bridgehead atoms. The van der Waals surface area contributed by atoms with Gasteiger partial charge in [0, 0.05) is 17.8 Å². The number of nitrogens with zero attached hydrogens (tertiary/aromatic N) is 2. The van der Waals surface area contributed by atoms with Crippen LogP contribution in [0.5, 0.6) is 0 Å². The van der Waals surface area contributed by atoms with E-state index in [-0.39, 0.29) is 5.82 Å². The highest BCUT2D eigenvalue weighted by atomic mass is 19.1. The van der Waals surface area contributed by atoms with Crippen LogP contribution in [0.2, 0.25) is 0 Å². The predicted octanol–water partition coefficient (Wildman–Crippen LogP) is 2.74. The third-order valence-corrected chi connectivity index (χ3v) is 3.07. The molecule has 0 saturated carbocycles. The summed E-state index contributed by atoms with van der Waals surface area (Å²) in [7, 11) is 1.95. The molecule has 0 spiro atoms. The maximum absolute atomic E-state index is 12.8. The first-order valence-electron chi connectivity index (χ1n) is 6.17. The maximum atomic E-state index is 12.8. The van der Waals surface area contributed by atoms with E-state index in [9.17, 15) is 4.39 Å². The Hall–Kier alpha value is -1.68. The molecule has 0 aliphatic heterocycles. The Morgan fingerprint density at radius 3 is 2.67 bits per heavy atom. The third kappa shape index (κ3) is 2.96. The first-order valence-corrected chi connectivity index (χ1v) is 6.17. The highest BCUT2D eigenvalue weighted by Gasteiger charge is 2.08. The van der Waals surface area contributed by atoms with Gasteiger partial charge in [-0.2, -0.15) is 5.10 Å². The molecule has 1 unspecified atom stereocenters. The lowest BCUT2D eigenvalue weighted by Crippen LogP contribution is -2.14. The molecule has 1 aromatic carbocycles. The van der Waals surface area contributed by atoms with E-state index >= 15 is 0 Å². The summed E-state index contributed by atoms with van der Waals surface area (Å²) in [6.45, 7) is 2.80. The van der Waals surface area contributed by atoms with Crippen LogP contribution in [0.1, 0.15) is 30.5 Å². The van der Waals surface area contributed by atoms with Gasteiger partial charge in [0.1, 0.15) is 5.82 Å². The topological polar surface area (TPSA) is 29.9 Å². The van der Waals surface area contributed by atoms with E-state index < -0.39 is 0 Å². The summed E-state index contributed by atoms with van der Waals surface area (Å²) in [4.78, 5) is 0. The molecular weight excluding hydrogens is 229 g/mol. The molecule has 0 amide bonds. The molecule has 1 atom stereocenters. The lowest BCUT2D eigenvalue weighted by molar-refractivity contribution is 0.575. The predicted molar refractivity (Wildman–Crippen MR) is 69.8 cm³/mol. The number of halogens is 1. The summed E-state index contributed by atoms with van der Waals surface area (Å²) in [5.41, 5.74) is 2.23. The fourth-order valence-corrected chi connectivity index (χ4v) is 2.03. The van der Waals surface area contributed by atoms with Crippen molar-refractivity contribution in [2.75, 3.05) is 7.05 Å². The zero-order valence-electron chi connectivity index (χ0n) is 10.7. The summed E-state index contributed by atoms with van der Waals surface area (Å²) in [6, 6.07) is 6.86. The smallest absolute Gasteiger partial charge is 0.123 e. The second-order valence-corrected chi connectivity index (χ2v) is 4.35. The van der Waals surface area contributed by atoms with Gasteiger partial charge in [0.05, 0.1) is 12.7 Å². The van der Waals surface area contributed by atoms with Gasteiger partial charge in [-0.05, 0) is 31.2 Å². The number of aromatic nitrogens is 2. The fraction of sp³-hybridized carbons (Fsp3) is 0.357. The lowest BCUT2D eigenvalue weighted by Gasteiger charge is -2.10. The molecule has 1 N–H and O–H groups in total. The molecule has 96 valence electrons. The van der Waals surface area contributed by atoms with Crippen molar-refractivity contribution in [3.63, 3.8) is 0 Å². The van der Waals surface area contributed by atoms with Crippen LogP contribution in [0.25, 0.3) is 0 Å². The van der Waals surface area contributed by atoms with Crippen LogP contribution in [0.4, 0.5) is 4.39 Å². The van der Waals surface area contributed by atoms with Crippen molar-refractivity contribution in [2.45, 2.75) is 25.9 Å². The molecule has 1 heterocycles. The van der Waals surface area contributed by atoms with Gasteiger partial charge < -0.3 is 5.32 Å². The summed E-state index contributed by atoms with van der Waals surface area (Å²) in [5, 5.41) is 7.58. The minimum absolute atomic E-state index is 0.207. The lowest BCUT2D eigenvalue weighted by atomic mass is 10.1. The Morgan fingerprint density at radius 2 is 2.06 bits per heavy atom. The minimum atomic E-state index is -0.207. The summed E-state index contributed by atoms with van der Waals surface area (Å²) >= 11 is 0. The average molecular weight is 247 g/mol. The Kier molecular flexibility index (Phi) is 4.10. The summed E-state index contributed by atoms with van der Waals surface area (Å²) in [6.07, 6.45) is 4.95. The minimum Gasteiger partial charge on any atom is -0.313 e. The molecule has 0 aliphatic carbocycles. The Morgan fingerprint density at radius 1 is 1.33 bits per heavy atom. The van der Waals surface area contributed by atoms with E-state index in [4.69, 9.17) is 0 Å². The molecule has 0 fully saturated rings.